The van der Waals surface area contributed by atoms with Crippen molar-refractivity contribution in [3.63, 3.8) is 0 Å². The van der Waals surface area contributed by atoms with Crippen molar-refractivity contribution in [1.29, 1.82) is 0 Å². The fourth-order valence-electron chi connectivity index (χ4n) is 3.96. The van der Waals surface area contributed by atoms with E-state index in [-0.39, 0.29) is 48.0 Å². The zero-order chi connectivity index (χ0) is 26.5. The van der Waals surface area contributed by atoms with Gasteiger partial charge in [-0.15, -0.1) is 18.7 Å². The van der Waals surface area contributed by atoms with Gasteiger partial charge >= 0.3 is 0 Å². The van der Waals surface area contributed by atoms with Crippen LogP contribution < -0.4 is 66.8 Å². The van der Waals surface area contributed by atoms with E-state index in [1.54, 1.807) is 0 Å². The van der Waals surface area contributed by atoms with Gasteiger partial charge in [-0.2, -0.15) is 0 Å². The topological polar surface area (TPSA) is 61.9 Å². The van der Waals surface area contributed by atoms with Crippen LogP contribution in [-0.4, -0.2) is 19.8 Å². The van der Waals surface area contributed by atoms with Crippen LogP contribution in [-0.2, 0) is 40.4 Å². The van der Waals surface area contributed by atoms with Crippen LogP contribution in [0.15, 0.2) is 85.2 Å². The summed E-state index contributed by atoms with van der Waals surface area (Å²) >= 11 is 12.0. The van der Waals surface area contributed by atoms with E-state index >= 15 is 0 Å². The molecular weight excluding hydrogens is 777 g/mol. The third kappa shape index (κ3) is 8.79. The molecule has 5 rings (SSSR count). The van der Waals surface area contributed by atoms with Gasteiger partial charge in [-0.3, -0.25) is 0 Å². The zero-order valence-corrected chi connectivity index (χ0v) is 27.7. The fraction of sp³-hybridized carbons (Fsp3) is 0.214. The largest absolute Gasteiger partial charge is 1.00 e. The van der Waals surface area contributed by atoms with E-state index in [1.165, 1.54) is 0 Å². The van der Waals surface area contributed by atoms with Gasteiger partial charge < -0.3 is 57.4 Å². The predicted octanol–water partition coefficient (Wildman–Crippen LogP) is -1.70. The van der Waals surface area contributed by atoms with E-state index in [0.717, 1.165) is 44.1 Å². The Kier molecular flexibility index (Phi) is 12.0. The summed E-state index contributed by atoms with van der Waals surface area (Å²) in [6.07, 6.45) is 3.97. The molecule has 0 atom stereocenters. The molecule has 2 heterocycles. The van der Waals surface area contributed by atoms with Crippen molar-refractivity contribution >= 4 is 23.2 Å². The maximum atomic E-state index is 6.04. The molecule has 0 aliphatic heterocycles. The Bertz CT molecular complexity index is 1410. The summed E-state index contributed by atoms with van der Waals surface area (Å²) in [4.78, 5) is 0. The second kappa shape index (κ2) is 15.0. The first kappa shape index (κ1) is 32.1. The first-order chi connectivity index (χ1) is 18.4. The van der Waals surface area contributed by atoms with Gasteiger partial charge in [0.1, 0.15) is 38.7 Å². The SMILES string of the molecule is Cn1n[n+](Cc2ccc(Cl)cc2)cc1COc1cccc(OCc2c[n+](Cc3ccc(Cl)cc3)nn2C)c1.[I-].[I-]. The number of halogens is 4. The highest BCUT2D eigenvalue weighted by Crippen LogP contribution is 2.21. The number of aromatic nitrogens is 6. The molecule has 40 heavy (non-hydrogen) atoms. The number of hydrogen-bond donors (Lipinski definition) is 0. The molecule has 8 nitrogen and oxygen atoms in total. The van der Waals surface area contributed by atoms with Crippen LogP contribution in [0.5, 0.6) is 11.5 Å². The van der Waals surface area contributed by atoms with E-state index in [9.17, 15) is 0 Å². The van der Waals surface area contributed by atoms with Crippen LogP contribution in [0.3, 0.4) is 0 Å². The van der Waals surface area contributed by atoms with Gasteiger partial charge in [0.2, 0.25) is 11.4 Å². The Morgan fingerprint density at radius 3 is 1.45 bits per heavy atom. The fourth-order valence-corrected chi connectivity index (χ4v) is 4.21. The van der Waals surface area contributed by atoms with E-state index in [4.69, 9.17) is 32.7 Å². The normalized spacial score (nSPS) is 10.5. The molecule has 0 spiro atoms. The first-order valence-corrected chi connectivity index (χ1v) is 12.9. The van der Waals surface area contributed by atoms with Crippen molar-refractivity contribution in [2.45, 2.75) is 26.3 Å². The second-order valence-corrected chi connectivity index (χ2v) is 9.84. The highest BCUT2D eigenvalue weighted by atomic mass is 127. The quantitative estimate of drug-likeness (QED) is 0.125. The minimum absolute atomic E-state index is 0. The molecule has 0 amide bonds. The van der Waals surface area contributed by atoms with Gasteiger partial charge in [-0.25, -0.2) is 0 Å². The van der Waals surface area contributed by atoms with Gasteiger partial charge in [0.15, 0.2) is 25.6 Å². The van der Waals surface area contributed by atoms with Crippen molar-refractivity contribution in [2.75, 3.05) is 0 Å². The Morgan fingerprint density at radius 2 is 1.05 bits per heavy atom. The number of benzene rings is 3. The molecule has 0 fully saturated rings. The van der Waals surface area contributed by atoms with Crippen molar-refractivity contribution in [3.8, 4) is 11.5 Å². The Labute approximate surface area is 277 Å². The lowest BCUT2D eigenvalue weighted by atomic mass is 10.2. The van der Waals surface area contributed by atoms with E-state index in [1.807, 2.05) is 118 Å². The lowest BCUT2D eigenvalue weighted by Crippen LogP contribution is -3.00. The smallest absolute Gasteiger partial charge is 0.204 e. The molecule has 0 unspecified atom stereocenters. The van der Waals surface area contributed by atoms with Gasteiger partial charge in [0.05, 0.1) is 10.4 Å². The third-order valence-corrected chi connectivity index (χ3v) is 6.52. The summed E-state index contributed by atoms with van der Waals surface area (Å²) in [6.45, 7) is 2.07. The molecule has 0 N–H and O–H groups in total. The summed E-state index contributed by atoms with van der Waals surface area (Å²) in [6, 6.07) is 23.1. The summed E-state index contributed by atoms with van der Waals surface area (Å²) in [5.41, 5.74) is 4.15. The monoisotopic (exact) mass is 804 g/mol. The molecule has 0 bridgehead atoms. The molecule has 0 saturated heterocycles. The minimum atomic E-state index is 0. The van der Waals surface area contributed by atoms with E-state index in [2.05, 4.69) is 10.4 Å². The van der Waals surface area contributed by atoms with E-state index in [0.29, 0.717) is 26.3 Å². The number of nitrogens with zero attached hydrogens (tertiary/aromatic N) is 6. The first-order valence-electron chi connectivity index (χ1n) is 12.1. The summed E-state index contributed by atoms with van der Waals surface area (Å²) in [7, 11) is 3.81. The average molecular weight is 805 g/mol. The molecule has 0 aliphatic carbocycles. The van der Waals surface area contributed by atoms with E-state index < -0.39 is 0 Å². The van der Waals surface area contributed by atoms with Crippen LogP contribution in [0.1, 0.15) is 22.5 Å². The molecule has 3 aromatic carbocycles. The third-order valence-electron chi connectivity index (χ3n) is 6.02. The number of ether oxygens (including phenoxy) is 2. The highest BCUT2D eigenvalue weighted by molar-refractivity contribution is 6.30. The lowest BCUT2D eigenvalue weighted by Gasteiger charge is -2.07. The van der Waals surface area contributed by atoms with Crippen LogP contribution >= 0.6 is 23.2 Å². The standard InChI is InChI=1S/C28H28Cl2N6O2.2HI/c1-33-25(17-35(31-33)15-21-6-10-23(29)11-7-21)19-37-27-4-3-5-28(14-27)38-20-26-18-36(32-34(26)2)16-22-8-12-24(30)13-9-22;;/h3-14,17-18H,15-16,19-20H2,1-2H3;2*1H/q+2;;/p-2. The Balaban J connectivity index is 0.00000220. The summed E-state index contributed by atoms with van der Waals surface area (Å²) in [5, 5.41) is 10.5. The van der Waals surface area contributed by atoms with Crippen molar-refractivity contribution < 1.29 is 66.8 Å². The Morgan fingerprint density at radius 1 is 0.650 bits per heavy atom. The van der Waals surface area contributed by atoms with Crippen LogP contribution in [0.4, 0.5) is 0 Å². The molecule has 0 aliphatic rings. The van der Waals surface area contributed by atoms with Crippen molar-refractivity contribution in [1.82, 2.24) is 19.8 Å². The van der Waals surface area contributed by atoms with Gasteiger partial charge in [-0.1, -0.05) is 53.5 Å². The van der Waals surface area contributed by atoms with Gasteiger partial charge in [-0.05, 0) is 47.5 Å². The van der Waals surface area contributed by atoms with Gasteiger partial charge in [0.25, 0.3) is 0 Å². The van der Waals surface area contributed by atoms with Gasteiger partial charge in [0, 0.05) is 16.1 Å². The molecule has 2 aromatic heterocycles. The number of aryl methyl sites for hydroxylation is 2. The highest BCUT2D eigenvalue weighted by Gasteiger charge is 2.16. The Hall–Kier alpha value is -2.42. The average Bonchev–Trinajstić information content (AvgIpc) is 3.44. The van der Waals surface area contributed by atoms with Crippen molar-refractivity contribution in [2.24, 2.45) is 14.1 Å². The predicted molar refractivity (Wildman–Crippen MR) is 143 cm³/mol. The van der Waals surface area contributed by atoms with Crippen molar-refractivity contribution in [3.05, 3.63) is 118 Å². The number of rotatable bonds is 10. The molecule has 12 heteroatoms. The van der Waals surface area contributed by atoms with Crippen LogP contribution in [0, 0.1) is 0 Å². The molecule has 0 radical (unpaired) electrons. The maximum absolute atomic E-state index is 6.04. The second-order valence-electron chi connectivity index (χ2n) is 8.97. The van der Waals surface area contributed by atoms with Crippen LogP contribution in [0.2, 0.25) is 10.0 Å². The number of hydrogen-bond acceptors (Lipinski definition) is 4. The molecule has 5 aromatic rings. The molecule has 0 saturated carbocycles. The zero-order valence-electron chi connectivity index (χ0n) is 21.9. The minimum Gasteiger partial charge on any atom is -1.00 e. The molecular formula is C28H28Cl2I2N6O2. The lowest BCUT2D eigenvalue weighted by molar-refractivity contribution is -0.747. The maximum Gasteiger partial charge on any atom is 0.204 e. The molecule has 210 valence electrons. The summed E-state index contributed by atoms with van der Waals surface area (Å²) in [5.74, 6) is 1.44. The van der Waals surface area contributed by atoms with Crippen LogP contribution in [0.25, 0.3) is 0 Å². The summed E-state index contributed by atoms with van der Waals surface area (Å²) < 4.78 is 19.5.